The predicted molar refractivity (Wildman–Crippen MR) is 95.4 cm³/mol. The Morgan fingerprint density at radius 3 is 2.85 bits per heavy atom. The van der Waals surface area contributed by atoms with Gasteiger partial charge in [0.25, 0.3) is 0 Å². The van der Waals surface area contributed by atoms with Crippen LogP contribution >= 0.6 is 0 Å². The fourth-order valence-corrected chi connectivity index (χ4v) is 2.90. The normalized spacial score (nSPS) is 15.5. The maximum Gasteiger partial charge on any atom is 0.337 e. The van der Waals surface area contributed by atoms with Crippen LogP contribution in [0.5, 0.6) is 0 Å². The molecule has 0 bridgehead atoms. The van der Waals surface area contributed by atoms with Crippen molar-refractivity contribution in [1.82, 2.24) is 20.6 Å². The average Bonchev–Trinajstić information content (AvgIpc) is 3.17. The molecular weight excluding hydrogens is 334 g/mol. The van der Waals surface area contributed by atoms with Gasteiger partial charge in [-0.25, -0.2) is 4.79 Å². The molecule has 2 heterocycles. The number of carboxylic acids is 1. The second-order valence-electron chi connectivity index (χ2n) is 6.26. The molecule has 3 N–H and O–H groups in total. The number of tetrazole rings is 1. The summed E-state index contributed by atoms with van der Waals surface area (Å²) in [5.74, 6) is -0.150. The number of benzene rings is 1. The number of nitrogens with zero attached hydrogens (tertiary/aromatic N) is 5. The Bertz CT molecular complexity index is 846. The van der Waals surface area contributed by atoms with E-state index < -0.39 is 5.97 Å². The monoisotopic (exact) mass is 353 g/mol. The van der Waals surface area contributed by atoms with Crippen molar-refractivity contribution in [3.63, 3.8) is 0 Å². The van der Waals surface area contributed by atoms with Crippen molar-refractivity contribution in [1.29, 1.82) is 5.26 Å². The summed E-state index contributed by atoms with van der Waals surface area (Å²) in [5, 5.41) is 34.9. The lowest BCUT2D eigenvalue weighted by atomic mass is 9.98. The number of carbonyl (C=O) groups is 1. The number of hydrogen-bond donors (Lipinski definition) is 3. The van der Waals surface area contributed by atoms with Gasteiger partial charge in [0, 0.05) is 25.0 Å². The number of carboxylic acid groups (broad SMARTS) is 1. The number of rotatable bonds is 5. The molecule has 9 heteroatoms. The molecule has 0 atom stereocenters. The molecule has 2 aromatic rings. The van der Waals surface area contributed by atoms with Crippen LogP contribution in [0.25, 0.3) is 5.57 Å². The molecule has 1 fully saturated rings. The summed E-state index contributed by atoms with van der Waals surface area (Å²) in [6, 6.07) is 7.13. The number of anilines is 2. The van der Waals surface area contributed by atoms with Crippen LogP contribution in [0, 0.1) is 17.2 Å². The van der Waals surface area contributed by atoms with Crippen molar-refractivity contribution in [2.45, 2.75) is 19.8 Å². The largest absolute Gasteiger partial charge is 0.478 e. The Morgan fingerprint density at radius 1 is 1.46 bits per heavy atom. The maximum absolute atomic E-state index is 11.7. The van der Waals surface area contributed by atoms with Crippen molar-refractivity contribution in [2.24, 2.45) is 5.92 Å². The maximum atomic E-state index is 11.7. The zero-order chi connectivity index (χ0) is 18.5. The molecule has 26 heavy (non-hydrogen) atoms. The third-order valence-electron chi connectivity index (χ3n) is 4.44. The number of H-pyrrole nitrogens is 1. The van der Waals surface area contributed by atoms with Gasteiger partial charge in [-0.3, -0.25) is 0 Å². The lowest BCUT2D eigenvalue weighted by Gasteiger charge is -2.33. The molecule has 134 valence electrons. The third-order valence-corrected chi connectivity index (χ3v) is 4.44. The molecule has 1 aliphatic heterocycles. The molecule has 0 unspecified atom stereocenters. The lowest BCUT2D eigenvalue weighted by Crippen LogP contribution is -2.33. The minimum atomic E-state index is -0.982. The first-order valence-electron chi connectivity index (χ1n) is 8.31. The molecule has 0 saturated carbocycles. The zero-order valence-corrected chi connectivity index (χ0v) is 14.3. The summed E-state index contributed by atoms with van der Waals surface area (Å²) in [6.07, 6.45) is 3.53. The van der Waals surface area contributed by atoms with E-state index in [2.05, 4.69) is 37.8 Å². The van der Waals surface area contributed by atoms with E-state index in [9.17, 15) is 15.2 Å². The van der Waals surface area contributed by atoms with Crippen molar-refractivity contribution in [2.75, 3.05) is 23.3 Å². The van der Waals surface area contributed by atoms with Crippen LogP contribution in [0.4, 0.5) is 11.4 Å². The average molecular weight is 353 g/mol. The van der Waals surface area contributed by atoms with Crippen LogP contribution in [0.3, 0.4) is 0 Å². The second kappa shape index (κ2) is 7.65. The molecule has 1 saturated heterocycles. The van der Waals surface area contributed by atoms with Gasteiger partial charge in [-0.15, -0.1) is 10.2 Å². The van der Waals surface area contributed by atoms with E-state index in [1.165, 1.54) is 6.20 Å². The quantitative estimate of drug-likeness (QED) is 0.697. The molecule has 1 aliphatic rings. The van der Waals surface area contributed by atoms with E-state index in [0.29, 0.717) is 11.6 Å². The summed E-state index contributed by atoms with van der Waals surface area (Å²) in [4.78, 5) is 13.8. The Kier molecular flexibility index (Phi) is 5.12. The van der Waals surface area contributed by atoms with E-state index in [4.69, 9.17) is 0 Å². The van der Waals surface area contributed by atoms with Gasteiger partial charge in [0.05, 0.1) is 11.3 Å². The zero-order valence-electron chi connectivity index (χ0n) is 14.3. The van der Waals surface area contributed by atoms with Crippen molar-refractivity contribution < 1.29 is 9.90 Å². The van der Waals surface area contributed by atoms with Gasteiger partial charge in [0.1, 0.15) is 11.6 Å². The molecule has 0 aliphatic carbocycles. The summed E-state index contributed by atoms with van der Waals surface area (Å²) >= 11 is 0. The molecule has 1 aromatic carbocycles. The van der Waals surface area contributed by atoms with Crippen LogP contribution in [0.2, 0.25) is 0 Å². The highest BCUT2D eigenvalue weighted by molar-refractivity contribution is 5.96. The Hall–Kier alpha value is -3.41. The Morgan fingerprint density at radius 2 is 2.23 bits per heavy atom. The number of aromatic carboxylic acids is 1. The number of allylic oxidation sites excluding steroid dienone is 1. The number of aromatic amines is 1. The standard InChI is InChI=1S/C17H19N7O2/c1-11-4-6-24(7-5-11)15-3-2-13(8-14(15)17(25)26)19-10-12(9-18)16-20-22-23-21-16/h2-3,8,10-11,19H,4-7H2,1H3,(H,25,26)(H,20,21,22,23). The van der Waals surface area contributed by atoms with Crippen LogP contribution in [-0.4, -0.2) is 44.8 Å². The first-order valence-corrected chi connectivity index (χ1v) is 8.31. The number of hydrogen-bond acceptors (Lipinski definition) is 7. The Balaban J connectivity index is 1.82. The number of aromatic nitrogens is 4. The highest BCUT2D eigenvalue weighted by Crippen LogP contribution is 2.28. The van der Waals surface area contributed by atoms with Gasteiger partial charge in [0.2, 0.25) is 5.82 Å². The van der Waals surface area contributed by atoms with Gasteiger partial charge < -0.3 is 15.3 Å². The highest BCUT2D eigenvalue weighted by atomic mass is 16.4. The van der Waals surface area contributed by atoms with E-state index in [0.717, 1.165) is 31.6 Å². The molecule has 0 amide bonds. The van der Waals surface area contributed by atoms with Gasteiger partial charge in [-0.05, 0) is 42.2 Å². The summed E-state index contributed by atoms with van der Waals surface area (Å²) in [5.41, 5.74) is 1.70. The smallest absolute Gasteiger partial charge is 0.337 e. The topological polar surface area (TPSA) is 131 Å². The molecule has 0 spiro atoms. The number of piperidine rings is 1. The first kappa shape index (κ1) is 17.4. The summed E-state index contributed by atoms with van der Waals surface area (Å²) in [6.45, 7) is 3.92. The fourth-order valence-electron chi connectivity index (χ4n) is 2.90. The van der Waals surface area contributed by atoms with Crippen molar-refractivity contribution >= 4 is 22.9 Å². The minimum Gasteiger partial charge on any atom is -0.478 e. The summed E-state index contributed by atoms with van der Waals surface area (Å²) in [7, 11) is 0. The first-order chi connectivity index (χ1) is 12.6. The molecular formula is C17H19N7O2. The second-order valence-corrected chi connectivity index (χ2v) is 6.26. The predicted octanol–water partition coefficient (Wildman–Crippen LogP) is 2.11. The molecule has 0 radical (unpaired) electrons. The van der Waals surface area contributed by atoms with Gasteiger partial charge >= 0.3 is 5.97 Å². The SMILES string of the molecule is CC1CCN(c2ccc(NC=C(C#N)c3nn[nH]n3)cc2C(=O)O)CC1. The van der Waals surface area contributed by atoms with Crippen molar-refractivity contribution in [3.05, 3.63) is 35.8 Å². The summed E-state index contributed by atoms with van der Waals surface area (Å²) < 4.78 is 0. The highest BCUT2D eigenvalue weighted by Gasteiger charge is 2.21. The molecule has 1 aromatic heterocycles. The van der Waals surface area contributed by atoms with Crippen LogP contribution < -0.4 is 10.2 Å². The number of nitriles is 1. The lowest BCUT2D eigenvalue weighted by molar-refractivity contribution is 0.0697. The van der Waals surface area contributed by atoms with Crippen LogP contribution in [-0.2, 0) is 0 Å². The van der Waals surface area contributed by atoms with Crippen molar-refractivity contribution in [3.8, 4) is 6.07 Å². The van der Waals surface area contributed by atoms with Crippen LogP contribution in [0.15, 0.2) is 24.4 Å². The van der Waals surface area contributed by atoms with Gasteiger partial charge in [0.15, 0.2) is 0 Å². The molecule has 3 rings (SSSR count). The molecule has 9 nitrogen and oxygen atoms in total. The fraction of sp³-hybridized carbons (Fsp3) is 0.353. The van der Waals surface area contributed by atoms with E-state index in [1.54, 1.807) is 18.2 Å². The number of nitrogens with one attached hydrogen (secondary N) is 2. The van der Waals surface area contributed by atoms with E-state index >= 15 is 0 Å². The third kappa shape index (κ3) is 3.80. The van der Waals surface area contributed by atoms with E-state index in [-0.39, 0.29) is 17.0 Å². The van der Waals surface area contributed by atoms with E-state index in [1.807, 2.05) is 6.07 Å². The van der Waals surface area contributed by atoms with Crippen LogP contribution in [0.1, 0.15) is 35.9 Å². The van der Waals surface area contributed by atoms with Gasteiger partial charge in [-0.1, -0.05) is 6.92 Å². The minimum absolute atomic E-state index is 0.164. The Labute approximate surface area is 150 Å². The van der Waals surface area contributed by atoms with Gasteiger partial charge in [-0.2, -0.15) is 10.5 Å².